The Labute approximate surface area is 184 Å². The van der Waals surface area contributed by atoms with E-state index in [1.165, 1.54) is 5.56 Å². The maximum atomic E-state index is 5.37. The van der Waals surface area contributed by atoms with Crippen LogP contribution >= 0.6 is 24.0 Å². The number of aliphatic imine (C=N–C) groups is 1. The average molecular weight is 499 g/mol. The van der Waals surface area contributed by atoms with Crippen LogP contribution in [0.5, 0.6) is 17.2 Å². The number of methoxy groups -OCH3 is 3. The van der Waals surface area contributed by atoms with Gasteiger partial charge in [0.05, 0.1) is 21.3 Å². The summed E-state index contributed by atoms with van der Waals surface area (Å²) in [5.74, 6) is 3.15. The monoisotopic (exact) mass is 499 g/mol. The van der Waals surface area contributed by atoms with E-state index in [0.29, 0.717) is 6.54 Å². The standard InChI is InChI=1S/C21H29N3O3.HI/c1-22-21(24-15-17-9-5-6-10-18(17)25-2)23-13-7-8-16-11-12-19(26-3)20(14-16)27-4;/h5-6,9-12,14H,7-8,13,15H2,1-4H3,(H2,22,23,24);1H. The van der Waals surface area contributed by atoms with Crippen LogP contribution in [0.25, 0.3) is 0 Å². The number of para-hydroxylation sites is 1. The lowest BCUT2D eigenvalue weighted by Crippen LogP contribution is -2.37. The molecule has 0 aliphatic carbocycles. The van der Waals surface area contributed by atoms with Crippen LogP contribution in [0.3, 0.4) is 0 Å². The zero-order chi connectivity index (χ0) is 19.5. The third-order valence-electron chi connectivity index (χ3n) is 4.25. The number of guanidine groups is 1. The summed E-state index contributed by atoms with van der Waals surface area (Å²) in [6.45, 7) is 1.47. The average Bonchev–Trinajstić information content (AvgIpc) is 2.73. The smallest absolute Gasteiger partial charge is 0.191 e. The van der Waals surface area contributed by atoms with Crippen LogP contribution in [0.15, 0.2) is 47.5 Å². The molecule has 0 aliphatic heterocycles. The van der Waals surface area contributed by atoms with Crippen molar-refractivity contribution in [2.45, 2.75) is 19.4 Å². The first-order valence-electron chi connectivity index (χ1n) is 8.99. The van der Waals surface area contributed by atoms with Gasteiger partial charge in [0.15, 0.2) is 17.5 Å². The third kappa shape index (κ3) is 7.10. The highest BCUT2D eigenvalue weighted by molar-refractivity contribution is 14.0. The molecule has 0 aromatic heterocycles. The first-order valence-corrected chi connectivity index (χ1v) is 8.99. The predicted molar refractivity (Wildman–Crippen MR) is 124 cm³/mol. The van der Waals surface area contributed by atoms with E-state index in [0.717, 1.165) is 48.2 Å². The zero-order valence-corrected chi connectivity index (χ0v) is 19.3. The van der Waals surface area contributed by atoms with E-state index in [1.807, 2.05) is 36.4 Å². The van der Waals surface area contributed by atoms with E-state index in [2.05, 4.69) is 21.7 Å². The first-order chi connectivity index (χ1) is 13.2. The predicted octanol–water partition coefficient (Wildman–Crippen LogP) is 3.63. The Morgan fingerprint density at radius 1 is 0.893 bits per heavy atom. The molecular formula is C21H30IN3O3. The number of hydrogen-bond donors (Lipinski definition) is 2. The van der Waals surface area contributed by atoms with Crippen molar-refractivity contribution in [1.82, 2.24) is 10.6 Å². The Morgan fingerprint density at radius 2 is 1.61 bits per heavy atom. The van der Waals surface area contributed by atoms with E-state index in [4.69, 9.17) is 14.2 Å². The minimum Gasteiger partial charge on any atom is -0.496 e. The molecule has 2 rings (SSSR count). The summed E-state index contributed by atoms with van der Waals surface area (Å²) < 4.78 is 16.0. The molecule has 2 N–H and O–H groups in total. The van der Waals surface area contributed by atoms with Crippen LogP contribution in [-0.4, -0.2) is 40.9 Å². The van der Waals surface area contributed by atoms with Crippen molar-refractivity contribution in [2.75, 3.05) is 34.9 Å². The fourth-order valence-corrected chi connectivity index (χ4v) is 2.78. The summed E-state index contributed by atoms with van der Waals surface area (Å²) in [6, 6.07) is 14.0. The highest BCUT2D eigenvalue weighted by Crippen LogP contribution is 2.27. The second-order valence-electron chi connectivity index (χ2n) is 5.96. The number of nitrogens with zero attached hydrogens (tertiary/aromatic N) is 1. The van der Waals surface area contributed by atoms with Crippen molar-refractivity contribution in [3.63, 3.8) is 0 Å². The van der Waals surface area contributed by atoms with Gasteiger partial charge >= 0.3 is 0 Å². The number of halogens is 1. The van der Waals surface area contributed by atoms with Crippen molar-refractivity contribution in [3.8, 4) is 17.2 Å². The lowest BCUT2D eigenvalue weighted by Gasteiger charge is -2.14. The molecule has 0 heterocycles. The van der Waals surface area contributed by atoms with E-state index in [-0.39, 0.29) is 24.0 Å². The molecule has 0 fully saturated rings. The van der Waals surface area contributed by atoms with Crippen LogP contribution in [0, 0.1) is 0 Å². The first kappa shape index (κ1) is 23.9. The Morgan fingerprint density at radius 3 is 2.29 bits per heavy atom. The van der Waals surface area contributed by atoms with E-state index >= 15 is 0 Å². The summed E-state index contributed by atoms with van der Waals surface area (Å²) in [7, 11) is 6.75. The molecule has 0 saturated carbocycles. The molecule has 2 aromatic carbocycles. The SMILES string of the molecule is CN=C(NCCCc1ccc(OC)c(OC)c1)NCc1ccccc1OC.I. The van der Waals surface area contributed by atoms with E-state index < -0.39 is 0 Å². The number of nitrogens with one attached hydrogen (secondary N) is 2. The Balaban J connectivity index is 0.00000392. The molecule has 6 nitrogen and oxygen atoms in total. The summed E-state index contributed by atoms with van der Waals surface area (Å²) in [5.41, 5.74) is 2.31. The highest BCUT2D eigenvalue weighted by atomic mass is 127. The fraction of sp³-hybridized carbons (Fsp3) is 0.381. The second-order valence-corrected chi connectivity index (χ2v) is 5.96. The summed E-state index contributed by atoms with van der Waals surface area (Å²) in [6.07, 6.45) is 1.92. The van der Waals surface area contributed by atoms with Gasteiger partial charge in [0.25, 0.3) is 0 Å². The van der Waals surface area contributed by atoms with Crippen LogP contribution in [0.1, 0.15) is 17.5 Å². The lowest BCUT2D eigenvalue weighted by molar-refractivity contribution is 0.354. The Hall–Kier alpha value is -2.16. The summed E-state index contributed by atoms with van der Waals surface area (Å²) >= 11 is 0. The molecule has 154 valence electrons. The van der Waals surface area contributed by atoms with Gasteiger partial charge in [-0.2, -0.15) is 0 Å². The van der Waals surface area contributed by atoms with Gasteiger partial charge in [0.1, 0.15) is 5.75 Å². The Kier molecular flexibility index (Phi) is 11.2. The van der Waals surface area contributed by atoms with Crippen LogP contribution in [-0.2, 0) is 13.0 Å². The highest BCUT2D eigenvalue weighted by Gasteiger charge is 2.05. The molecule has 0 saturated heterocycles. The quantitative estimate of drug-likeness (QED) is 0.239. The largest absolute Gasteiger partial charge is 0.496 e. The van der Waals surface area contributed by atoms with Gasteiger partial charge < -0.3 is 24.8 Å². The molecule has 0 bridgehead atoms. The molecule has 0 spiro atoms. The number of rotatable bonds is 9. The van der Waals surface area contributed by atoms with Gasteiger partial charge in [-0.25, -0.2) is 0 Å². The Bertz CT molecular complexity index is 753. The van der Waals surface area contributed by atoms with Gasteiger partial charge in [-0.15, -0.1) is 24.0 Å². The normalized spacial score (nSPS) is 10.6. The zero-order valence-electron chi connectivity index (χ0n) is 17.0. The van der Waals surface area contributed by atoms with Crippen molar-refractivity contribution in [2.24, 2.45) is 4.99 Å². The van der Waals surface area contributed by atoms with Crippen LogP contribution in [0.4, 0.5) is 0 Å². The second kappa shape index (κ2) is 13.1. The van der Waals surface area contributed by atoms with Gasteiger partial charge in [0.2, 0.25) is 0 Å². The number of ether oxygens (including phenoxy) is 3. The number of aryl methyl sites for hydroxylation is 1. The van der Waals surface area contributed by atoms with Crippen LogP contribution < -0.4 is 24.8 Å². The molecule has 0 atom stereocenters. The van der Waals surface area contributed by atoms with E-state index in [9.17, 15) is 0 Å². The van der Waals surface area contributed by atoms with Gasteiger partial charge in [-0.3, -0.25) is 4.99 Å². The molecule has 2 aromatic rings. The fourth-order valence-electron chi connectivity index (χ4n) is 2.78. The summed E-state index contributed by atoms with van der Waals surface area (Å²) in [4.78, 5) is 4.27. The minimum atomic E-state index is 0. The van der Waals surface area contributed by atoms with Crippen molar-refractivity contribution in [3.05, 3.63) is 53.6 Å². The topological polar surface area (TPSA) is 64.1 Å². The maximum Gasteiger partial charge on any atom is 0.191 e. The van der Waals surface area contributed by atoms with Gasteiger partial charge in [0, 0.05) is 25.7 Å². The molecule has 28 heavy (non-hydrogen) atoms. The number of benzene rings is 2. The molecule has 0 radical (unpaired) electrons. The van der Waals surface area contributed by atoms with Gasteiger partial charge in [-0.1, -0.05) is 24.3 Å². The maximum absolute atomic E-state index is 5.37. The van der Waals surface area contributed by atoms with Crippen molar-refractivity contribution in [1.29, 1.82) is 0 Å². The lowest BCUT2D eigenvalue weighted by atomic mass is 10.1. The van der Waals surface area contributed by atoms with Gasteiger partial charge in [-0.05, 0) is 36.6 Å². The van der Waals surface area contributed by atoms with Crippen molar-refractivity contribution >= 4 is 29.9 Å². The molecule has 0 aliphatic rings. The molecule has 7 heteroatoms. The minimum absolute atomic E-state index is 0. The molecular weight excluding hydrogens is 469 g/mol. The van der Waals surface area contributed by atoms with E-state index in [1.54, 1.807) is 28.4 Å². The van der Waals surface area contributed by atoms with Crippen molar-refractivity contribution < 1.29 is 14.2 Å². The molecule has 0 amide bonds. The summed E-state index contributed by atoms with van der Waals surface area (Å²) in [5, 5.41) is 6.66. The molecule has 0 unspecified atom stereocenters. The third-order valence-corrected chi connectivity index (χ3v) is 4.25. The number of hydrogen-bond acceptors (Lipinski definition) is 4. The van der Waals surface area contributed by atoms with Crippen LogP contribution in [0.2, 0.25) is 0 Å².